The highest BCUT2D eigenvalue weighted by Gasteiger charge is 2.16. The van der Waals surface area contributed by atoms with Crippen molar-refractivity contribution >= 4 is 17.5 Å². The Morgan fingerprint density at radius 3 is 3.13 bits per heavy atom. The van der Waals surface area contributed by atoms with Crippen LogP contribution in [-0.2, 0) is 4.74 Å². The molecular weight excluding hydrogens is 218 g/mol. The Labute approximate surface area is 92.6 Å². The van der Waals surface area contributed by atoms with E-state index in [1.807, 2.05) is 0 Å². The van der Waals surface area contributed by atoms with Crippen LogP contribution in [0.2, 0.25) is 5.15 Å². The van der Waals surface area contributed by atoms with Gasteiger partial charge in [-0.1, -0.05) is 11.6 Å². The normalized spacial score (nSPS) is 20.5. The Kier molecular flexibility index (Phi) is 3.23. The van der Waals surface area contributed by atoms with Crippen LogP contribution in [0.25, 0.3) is 0 Å². The Morgan fingerprint density at radius 2 is 2.47 bits per heavy atom. The highest BCUT2D eigenvalue weighted by molar-refractivity contribution is 6.29. The molecule has 1 aromatic rings. The SMILES string of the molecule is Nc1nc(Cl)cc(OCC2CCCO2)n1. The van der Waals surface area contributed by atoms with Gasteiger partial charge in [-0.25, -0.2) is 4.98 Å². The van der Waals surface area contributed by atoms with Crippen molar-refractivity contribution in [3.05, 3.63) is 11.2 Å². The Bertz CT molecular complexity index is 322. The fraction of sp³-hybridized carbons (Fsp3) is 0.556. The van der Waals surface area contributed by atoms with Gasteiger partial charge >= 0.3 is 0 Å². The van der Waals surface area contributed by atoms with Gasteiger partial charge in [0.1, 0.15) is 11.8 Å². The average Bonchev–Trinajstić information content (AvgIpc) is 2.65. The predicted octanol–water partition coefficient (Wildman–Crippen LogP) is 1.27. The van der Waals surface area contributed by atoms with E-state index in [9.17, 15) is 0 Å². The Hall–Kier alpha value is -1.07. The fourth-order valence-corrected chi connectivity index (χ4v) is 1.62. The third-order valence-electron chi connectivity index (χ3n) is 2.13. The molecular formula is C9H12ClN3O2. The molecule has 2 N–H and O–H groups in total. The highest BCUT2D eigenvalue weighted by atomic mass is 35.5. The quantitative estimate of drug-likeness (QED) is 0.791. The summed E-state index contributed by atoms with van der Waals surface area (Å²) in [5, 5.41) is 0.282. The first-order valence-corrected chi connectivity index (χ1v) is 5.16. The molecule has 15 heavy (non-hydrogen) atoms. The number of hydrogen-bond acceptors (Lipinski definition) is 5. The van der Waals surface area contributed by atoms with E-state index in [1.165, 1.54) is 6.07 Å². The molecule has 1 fully saturated rings. The third-order valence-corrected chi connectivity index (χ3v) is 2.32. The molecule has 0 bridgehead atoms. The monoisotopic (exact) mass is 229 g/mol. The van der Waals surface area contributed by atoms with Crippen molar-refractivity contribution in [2.45, 2.75) is 18.9 Å². The lowest BCUT2D eigenvalue weighted by atomic mass is 10.2. The molecule has 0 radical (unpaired) electrons. The fourth-order valence-electron chi connectivity index (χ4n) is 1.44. The van der Waals surface area contributed by atoms with E-state index in [2.05, 4.69) is 9.97 Å². The molecule has 0 aromatic carbocycles. The minimum atomic E-state index is 0.116. The van der Waals surface area contributed by atoms with Crippen LogP contribution in [0, 0.1) is 0 Å². The number of nitrogens with zero attached hydrogens (tertiary/aromatic N) is 2. The number of nitrogens with two attached hydrogens (primary N) is 1. The standard InChI is InChI=1S/C9H12ClN3O2/c10-7-4-8(13-9(11)12-7)15-5-6-2-1-3-14-6/h4,6H,1-3,5H2,(H2,11,12,13). The van der Waals surface area contributed by atoms with Crippen molar-refractivity contribution in [1.82, 2.24) is 9.97 Å². The molecule has 82 valence electrons. The maximum atomic E-state index is 5.70. The van der Waals surface area contributed by atoms with E-state index >= 15 is 0 Å². The maximum Gasteiger partial charge on any atom is 0.224 e. The average molecular weight is 230 g/mol. The molecule has 0 aliphatic carbocycles. The second-order valence-electron chi connectivity index (χ2n) is 3.33. The first kappa shape index (κ1) is 10.4. The van der Waals surface area contributed by atoms with Gasteiger partial charge in [-0.2, -0.15) is 4.98 Å². The summed E-state index contributed by atoms with van der Waals surface area (Å²) >= 11 is 5.70. The maximum absolute atomic E-state index is 5.70. The van der Waals surface area contributed by atoms with Crippen molar-refractivity contribution in [3.8, 4) is 5.88 Å². The van der Waals surface area contributed by atoms with Gasteiger partial charge in [-0.15, -0.1) is 0 Å². The topological polar surface area (TPSA) is 70.3 Å². The van der Waals surface area contributed by atoms with Gasteiger partial charge in [0.05, 0.1) is 6.10 Å². The van der Waals surface area contributed by atoms with Crippen LogP contribution in [0.3, 0.4) is 0 Å². The lowest BCUT2D eigenvalue weighted by Gasteiger charge is -2.10. The zero-order valence-electron chi connectivity index (χ0n) is 8.15. The van der Waals surface area contributed by atoms with Crippen molar-refractivity contribution in [3.63, 3.8) is 0 Å². The molecule has 0 saturated carbocycles. The number of halogens is 1. The van der Waals surface area contributed by atoms with Crippen LogP contribution < -0.4 is 10.5 Å². The molecule has 5 nitrogen and oxygen atoms in total. The van der Waals surface area contributed by atoms with Gasteiger partial charge in [0.2, 0.25) is 11.8 Å². The molecule has 1 aliphatic heterocycles. The number of rotatable bonds is 3. The molecule has 0 spiro atoms. The minimum Gasteiger partial charge on any atom is -0.475 e. The van der Waals surface area contributed by atoms with Crippen LogP contribution >= 0.6 is 11.6 Å². The van der Waals surface area contributed by atoms with E-state index in [-0.39, 0.29) is 17.2 Å². The summed E-state index contributed by atoms with van der Waals surface area (Å²) in [6, 6.07) is 1.53. The van der Waals surface area contributed by atoms with Gasteiger partial charge in [0.25, 0.3) is 0 Å². The van der Waals surface area contributed by atoms with Gasteiger partial charge in [-0.3, -0.25) is 0 Å². The molecule has 1 aliphatic rings. The van der Waals surface area contributed by atoms with Crippen molar-refractivity contribution in [2.75, 3.05) is 18.9 Å². The summed E-state index contributed by atoms with van der Waals surface area (Å²) < 4.78 is 10.8. The van der Waals surface area contributed by atoms with Crippen molar-refractivity contribution < 1.29 is 9.47 Å². The zero-order valence-corrected chi connectivity index (χ0v) is 8.91. The molecule has 0 amide bonds. The number of aromatic nitrogens is 2. The number of hydrogen-bond donors (Lipinski definition) is 1. The van der Waals surface area contributed by atoms with E-state index in [0.29, 0.717) is 12.5 Å². The first-order valence-electron chi connectivity index (χ1n) is 4.78. The van der Waals surface area contributed by atoms with Gasteiger partial charge < -0.3 is 15.2 Å². The van der Waals surface area contributed by atoms with Gasteiger partial charge in [-0.05, 0) is 12.8 Å². The van der Waals surface area contributed by atoms with Crippen LogP contribution in [-0.4, -0.2) is 29.3 Å². The Balaban J connectivity index is 1.92. The van der Waals surface area contributed by atoms with Crippen LogP contribution in [0.15, 0.2) is 6.07 Å². The summed E-state index contributed by atoms with van der Waals surface area (Å²) in [6.07, 6.45) is 2.26. The van der Waals surface area contributed by atoms with Crippen LogP contribution in [0.1, 0.15) is 12.8 Å². The summed E-state index contributed by atoms with van der Waals surface area (Å²) in [5.41, 5.74) is 5.43. The second kappa shape index (κ2) is 4.63. The largest absolute Gasteiger partial charge is 0.475 e. The number of ether oxygens (including phenoxy) is 2. The van der Waals surface area contributed by atoms with E-state index in [4.69, 9.17) is 26.8 Å². The van der Waals surface area contributed by atoms with Gasteiger partial charge in [0, 0.05) is 12.7 Å². The predicted molar refractivity (Wildman–Crippen MR) is 55.9 cm³/mol. The second-order valence-corrected chi connectivity index (χ2v) is 3.72. The molecule has 2 heterocycles. The highest BCUT2D eigenvalue weighted by Crippen LogP contribution is 2.17. The molecule has 1 unspecified atom stereocenters. The summed E-state index contributed by atoms with van der Waals surface area (Å²) in [4.78, 5) is 7.63. The molecule has 2 rings (SSSR count). The van der Waals surface area contributed by atoms with Crippen LogP contribution in [0.4, 0.5) is 5.95 Å². The zero-order chi connectivity index (χ0) is 10.7. The number of nitrogen functional groups attached to an aromatic ring is 1. The van der Waals surface area contributed by atoms with Crippen molar-refractivity contribution in [1.29, 1.82) is 0 Å². The molecule has 1 atom stereocenters. The summed E-state index contributed by atoms with van der Waals surface area (Å²) in [6.45, 7) is 1.29. The summed E-state index contributed by atoms with van der Waals surface area (Å²) in [5.74, 6) is 0.507. The molecule has 1 aromatic heterocycles. The van der Waals surface area contributed by atoms with Crippen LogP contribution in [0.5, 0.6) is 5.88 Å². The minimum absolute atomic E-state index is 0.116. The van der Waals surface area contributed by atoms with Crippen molar-refractivity contribution in [2.24, 2.45) is 0 Å². The first-order chi connectivity index (χ1) is 7.24. The molecule has 6 heteroatoms. The smallest absolute Gasteiger partial charge is 0.224 e. The third kappa shape index (κ3) is 2.94. The van der Waals surface area contributed by atoms with E-state index in [1.54, 1.807) is 0 Å². The lowest BCUT2D eigenvalue weighted by molar-refractivity contribution is 0.0663. The Morgan fingerprint density at radius 1 is 1.60 bits per heavy atom. The summed E-state index contributed by atoms with van der Waals surface area (Å²) in [7, 11) is 0. The lowest BCUT2D eigenvalue weighted by Crippen LogP contribution is -2.17. The van der Waals surface area contributed by atoms with E-state index in [0.717, 1.165) is 19.4 Å². The number of anilines is 1. The van der Waals surface area contributed by atoms with Gasteiger partial charge in [0.15, 0.2) is 0 Å². The molecule has 1 saturated heterocycles. The van der Waals surface area contributed by atoms with E-state index < -0.39 is 0 Å².